The minimum Gasteiger partial charge on any atom is -0.257 e. The summed E-state index contributed by atoms with van der Waals surface area (Å²) in [5.41, 5.74) is 0. The highest BCUT2D eigenvalue weighted by atomic mass is 79.9. The zero-order chi connectivity index (χ0) is 10.1. The summed E-state index contributed by atoms with van der Waals surface area (Å²) in [5, 5.41) is 0. The predicted octanol–water partition coefficient (Wildman–Crippen LogP) is 1.36. The number of hydrazine groups is 1. The lowest BCUT2D eigenvalue weighted by atomic mass is 10.4. The molecule has 0 aliphatic heterocycles. The Hall–Kier alpha value is 0.0500. The van der Waals surface area contributed by atoms with Crippen LogP contribution in [0.15, 0.2) is 32.0 Å². The van der Waals surface area contributed by atoms with E-state index in [-0.39, 0.29) is 4.90 Å². The van der Waals surface area contributed by atoms with Gasteiger partial charge < -0.3 is 0 Å². The molecule has 4 nitrogen and oxygen atoms in total. The van der Waals surface area contributed by atoms with Gasteiger partial charge in [0.25, 0.3) is 10.0 Å². The first kappa shape index (κ1) is 11.1. The summed E-state index contributed by atoms with van der Waals surface area (Å²) >= 11 is 6.32. The van der Waals surface area contributed by atoms with E-state index >= 15 is 0 Å². The average molecular weight is 330 g/mol. The molecular formula is C6H6Br2N2O2S. The van der Waals surface area contributed by atoms with E-state index in [4.69, 9.17) is 5.84 Å². The number of halogens is 2. The van der Waals surface area contributed by atoms with Gasteiger partial charge in [-0.3, -0.25) is 5.84 Å². The fourth-order valence-electron chi connectivity index (χ4n) is 0.755. The molecule has 0 bridgehead atoms. The second kappa shape index (κ2) is 4.05. The number of nitrogens with one attached hydrogen (secondary N) is 1. The summed E-state index contributed by atoms with van der Waals surface area (Å²) in [7, 11) is -3.60. The molecule has 13 heavy (non-hydrogen) atoms. The van der Waals surface area contributed by atoms with Crippen molar-refractivity contribution in [3.63, 3.8) is 0 Å². The van der Waals surface area contributed by atoms with E-state index in [1.54, 1.807) is 17.0 Å². The molecule has 0 heterocycles. The van der Waals surface area contributed by atoms with E-state index in [1.807, 2.05) is 0 Å². The summed E-state index contributed by atoms with van der Waals surface area (Å²) in [5.74, 6) is 4.88. The molecule has 72 valence electrons. The van der Waals surface area contributed by atoms with Crippen molar-refractivity contribution in [1.82, 2.24) is 4.83 Å². The van der Waals surface area contributed by atoms with Crippen molar-refractivity contribution in [1.29, 1.82) is 0 Å². The van der Waals surface area contributed by atoms with Crippen LogP contribution < -0.4 is 10.7 Å². The van der Waals surface area contributed by atoms with E-state index < -0.39 is 10.0 Å². The third-order valence-electron chi connectivity index (χ3n) is 1.36. The van der Waals surface area contributed by atoms with Crippen LogP contribution in [0, 0.1) is 0 Å². The zero-order valence-electron chi connectivity index (χ0n) is 6.29. The minimum atomic E-state index is -3.60. The molecule has 0 aromatic heterocycles. The molecule has 0 radical (unpaired) electrons. The van der Waals surface area contributed by atoms with Gasteiger partial charge in [-0.05, 0) is 44.0 Å². The van der Waals surface area contributed by atoms with Crippen LogP contribution >= 0.6 is 31.9 Å². The molecule has 0 unspecified atom stereocenters. The Bertz CT molecular complexity index is 419. The Morgan fingerprint density at radius 1 is 1.31 bits per heavy atom. The quantitative estimate of drug-likeness (QED) is 0.635. The lowest BCUT2D eigenvalue weighted by Crippen LogP contribution is -2.30. The van der Waals surface area contributed by atoms with Gasteiger partial charge in [0.1, 0.15) is 0 Å². The molecule has 1 rings (SSSR count). The first-order chi connectivity index (χ1) is 5.99. The van der Waals surface area contributed by atoms with Gasteiger partial charge in [0, 0.05) is 4.47 Å². The van der Waals surface area contributed by atoms with Crippen LogP contribution in [0.4, 0.5) is 0 Å². The number of nitrogens with two attached hydrogens (primary N) is 1. The van der Waals surface area contributed by atoms with E-state index in [0.717, 1.165) is 0 Å². The van der Waals surface area contributed by atoms with E-state index in [1.165, 1.54) is 6.07 Å². The highest BCUT2D eigenvalue weighted by Gasteiger charge is 2.16. The standard InChI is InChI=1S/C6H6Br2N2O2S/c7-4-2-1-3-5(6(4)8)13(11,12)10-9/h1-3,10H,9H2. The van der Waals surface area contributed by atoms with Gasteiger partial charge in [0.2, 0.25) is 0 Å². The SMILES string of the molecule is NNS(=O)(=O)c1cccc(Br)c1Br. The second-order valence-corrected chi connectivity index (χ2v) is 5.50. The van der Waals surface area contributed by atoms with Crippen molar-refractivity contribution < 1.29 is 8.42 Å². The van der Waals surface area contributed by atoms with Crippen molar-refractivity contribution in [2.24, 2.45) is 5.84 Å². The zero-order valence-corrected chi connectivity index (χ0v) is 10.3. The van der Waals surface area contributed by atoms with Gasteiger partial charge in [-0.25, -0.2) is 8.42 Å². The van der Waals surface area contributed by atoms with Gasteiger partial charge in [-0.1, -0.05) is 6.07 Å². The predicted molar refractivity (Wildman–Crippen MR) is 56.4 cm³/mol. The Morgan fingerprint density at radius 3 is 2.46 bits per heavy atom. The van der Waals surface area contributed by atoms with Gasteiger partial charge >= 0.3 is 0 Å². The molecule has 0 aliphatic carbocycles. The van der Waals surface area contributed by atoms with Crippen LogP contribution in [-0.2, 0) is 10.0 Å². The Kier molecular flexibility index (Phi) is 3.47. The fourth-order valence-corrected chi connectivity index (χ4v) is 2.89. The highest BCUT2D eigenvalue weighted by molar-refractivity contribution is 9.13. The lowest BCUT2D eigenvalue weighted by Gasteiger charge is -2.05. The first-order valence-electron chi connectivity index (χ1n) is 3.15. The molecule has 0 spiro atoms. The van der Waals surface area contributed by atoms with Gasteiger partial charge in [0.15, 0.2) is 0 Å². The third kappa shape index (κ3) is 2.29. The summed E-state index contributed by atoms with van der Waals surface area (Å²) in [6.07, 6.45) is 0. The maximum Gasteiger partial charge on any atom is 0.254 e. The maximum atomic E-state index is 11.3. The molecule has 0 fully saturated rings. The van der Waals surface area contributed by atoms with Gasteiger partial charge in [-0.15, -0.1) is 0 Å². The Balaban J connectivity index is 3.40. The number of hydrogen-bond acceptors (Lipinski definition) is 3. The minimum absolute atomic E-state index is 0.101. The maximum absolute atomic E-state index is 11.3. The van der Waals surface area contributed by atoms with Gasteiger partial charge in [-0.2, -0.15) is 4.83 Å². The summed E-state index contributed by atoms with van der Waals surface area (Å²) < 4.78 is 23.7. The number of hydrogen-bond donors (Lipinski definition) is 2. The van der Waals surface area contributed by atoms with Crippen molar-refractivity contribution in [3.8, 4) is 0 Å². The largest absolute Gasteiger partial charge is 0.257 e. The highest BCUT2D eigenvalue weighted by Crippen LogP contribution is 2.29. The fraction of sp³-hybridized carbons (Fsp3) is 0. The monoisotopic (exact) mass is 328 g/mol. The number of sulfonamides is 1. The van der Waals surface area contributed by atoms with Crippen LogP contribution in [0.3, 0.4) is 0 Å². The van der Waals surface area contributed by atoms with Crippen molar-refractivity contribution in [2.45, 2.75) is 4.90 Å². The number of benzene rings is 1. The molecule has 0 saturated carbocycles. The summed E-state index contributed by atoms with van der Waals surface area (Å²) in [6.45, 7) is 0. The van der Waals surface area contributed by atoms with E-state index in [9.17, 15) is 8.42 Å². The van der Waals surface area contributed by atoms with E-state index in [0.29, 0.717) is 8.95 Å². The third-order valence-corrected chi connectivity index (χ3v) is 4.90. The Labute approximate surface area is 92.8 Å². The molecule has 1 aromatic rings. The Morgan fingerprint density at radius 2 is 1.92 bits per heavy atom. The second-order valence-electron chi connectivity index (χ2n) is 2.17. The molecule has 7 heteroatoms. The van der Waals surface area contributed by atoms with Gasteiger partial charge in [0.05, 0.1) is 9.37 Å². The average Bonchev–Trinajstić information content (AvgIpc) is 2.09. The van der Waals surface area contributed by atoms with Crippen LogP contribution in [0.25, 0.3) is 0 Å². The summed E-state index contributed by atoms with van der Waals surface area (Å²) in [4.78, 5) is 1.85. The normalized spacial score (nSPS) is 11.6. The molecule has 0 atom stereocenters. The molecule has 3 N–H and O–H groups in total. The number of rotatable bonds is 2. The first-order valence-corrected chi connectivity index (χ1v) is 6.22. The van der Waals surface area contributed by atoms with Crippen molar-refractivity contribution >= 4 is 41.9 Å². The molecule has 0 aliphatic rings. The summed E-state index contributed by atoms with van der Waals surface area (Å²) in [6, 6.07) is 4.78. The molecule has 1 aromatic carbocycles. The van der Waals surface area contributed by atoms with Crippen LogP contribution in [0.2, 0.25) is 0 Å². The smallest absolute Gasteiger partial charge is 0.254 e. The molecule has 0 saturated heterocycles. The van der Waals surface area contributed by atoms with E-state index in [2.05, 4.69) is 31.9 Å². The van der Waals surface area contributed by atoms with Crippen LogP contribution in [0.1, 0.15) is 0 Å². The molecular weight excluding hydrogens is 324 g/mol. The lowest BCUT2D eigenvalue weighted by molar-refractivity contribution is 0.583. The van der Waals surface area contributed by atoms with Crippen molar-refractivity contribution in [2.75, 3.05) is 0 Å². The molecule has 0 amide bonds. The topological polar surface area (TPSA) is 72.2 Å². The van der Waals surface area contributed by atoms with Crippen molar-refractivity contribution in [3.05, 3.63) is 27.1 Å². The van der Waals surface area contributed by atoms with Crippen LogP contribution in [0.5, 0.6) is 0 Å². The van der Waals surface area contributed by atoms with Crippen LogP contribution in [-0.4, -0.2) is 8.42 Å².